The van der Waals surface area contributed by atoms with Crippen molar-refractivity contribution in [2.75, 3.05) is 19.8 Å². The first kappa shape index (κ1) is 27.6. The third kappa shape index (κ3) is 5.89. The van der Waals surface area contributed by atoms with E-state index in [0.29, 0.717) is 19.0 Å². The van der Waals surface area contributed by atoms with Gasteiger partial charge < -0.3 is 14.2 Å². The van der Waals surface area contributed by atoms with E-state index in [4.69, 9.17) is 19.3 Å². The van der Waals surface area contributed by atoms with E-state index in [0.717, 1.165) is 58.4 Å². The van der Waals surface area contributed by atoms with Crippen molar-refractivity contribution in [2.45, 2.75) is 39.2 Å². The zero-order valence-electron chi connectivity index (χ0n) is 24.2. The molecule has 0 bridgehead atoms. The highest BCUT2D eigenvalue weighted by atomic mass is 16.5. The normalized spacial score (nSPS) is 19.0. The first-order valence-electron chi connectivity index (χ1n) is 14.8. The Hall–Kier alpha value is -4.58. The molecule has 6 heteroatoms. The van der Waals surface area contributed by atoms with Gasteiger partial charge in [-0.2, -0.15) is 5.10 Å². The van der Waals surface area contributed by atoms with Crippen LogP contribution < -0.4 is 14.2 Å². The molecule has 1 saturated carbocycles. The number of nitrogens with zero attached hydrogens (tertiary/aromatic N) is 2. The van der Waals surface area contributed by atoms with E-state index >= 15 is 0 Å². The summed E-state index contributed by atoms with van der Waals surface area (Å²) in [6.07, 6.45) is 5.13. The predicted molar refractivity (Wildman–Crippen MR) is 167 cm³/mol. The second-order valence-corrected chi connectivity index (χ2v) is 10.6. The zero-order chi connectivity index (χ0) is 28.9. The third-order valence-electron chi connectivity index (χ3n) is 7.90. The van der Waals surface area contributed by atoms with Crippen LogP contribution in [0.2, 0.25) is 0 Å². The minimum Gasteiger partial charge on any atom is -0.494 e. The van der Waals surface area contributed by atoms with Crippen molar-refractivity contribution in [1.29, 1.82) is 0 Å². The van der Waals surface area contributed by atoms with Gasteiger partial charge in [0.25, 0.3) is 5.91 Å². The van der Waals surface area contributed by atoms with Gasteiger partial charge in [-0.25, -0.2) is 5.01 Å². The summed E-state index contributed by atoms with van der Waals surface area (Å²) in [6.45, 7) is 5.11. The van der Waals surface area contributed by atoms with Gasteiger partial charge in [-0.15, -0.1) is 0 Å². The Morgan fingerprint density at radius 1 is 0.833 bits per heavy atom. The van der Waals surface area contributed by atoms with Crippen molar-refractivity contribution in [3.05, 3.63) is 108 Å². The number of carbonyl (C=O) groups is 1. The average Bonchev–Trinajstić information content (AvgIpc) is 3.42. The van der Waals surface area contributed by atoms with Crippen molar-refractivity contribution in [1.82, 2.24) is 5.01 Å². The molecule has 4 aromatic carbocycles. The van der Waals surface area contributed by atoms with Crippen molar-refractivity contribution < 1.29 is 19.0 Å². The highest BCUT2D eigenvalue weighted by Crippen LogP contribution is 2.44. The quantitative estimate of drug-likeness (QED) is 0.209. The predicted octanol–water partition coefficient (Wildman–Crippen LogP) is 7.84. The van der Waals surface area contributed by atoms with Crippen LogP contribution in [0.4, 0.5) is 0 Å². The van der Waals surface area contributed by atoms with E-state index in [2.05, 4.69) is 36.4 Å². The number of fused-ring (bicyclic) bond motifs is 2. The van der Waals surface area contributed by atoms with Crippen LogP contribution in [0.1, 0.15) is 50.3 Å². The number of allylic oxidation sites excluding steroid dienone is 1. The van der Waals surface area contributed by atoms with E-state index < -0.39 is 0 Å². The van der Waals surface area contributed by atoms with Crippen LogP contribution in [0, 0.1) is 5.92 Å². The van der Waals surface area contributed by atoms with Crippen LogP contribution in [0.25, 0.3) is 16.8 Å². The molecule has 214 valence electrons. The lowest BCUT2D eigenvalue weighted by molar-refractivity contribution is -0.135. The molecule has 1 aliphatic heterocycles. The standard InChI is InChI=1S/C36H36N2O4/c1-3-40-30-17-12-25(13-18-30)22-29-10-7-11-33-35(29)37-38(36(33)27-15-19-31(20-16-27)41-4-2)34(39)24-42-32-21-14-26-8-5-6-9-28(26)23-32/h5-6,8-9,12-23,33,36H,3-4,7,10-11,24H2,1-2H3/b29-22-/t33-,36-/m0/s1. The summed E-state index contributed by atoms with van der Waals surface area (Å²) < 4.78 is 17.3. The van der Waals surface area contributed by atoms with Gasteiger partial charge in [0.05, 0.1) is 25.0 Å². The van der Waals surface area contributed by atoms with Gasteiger partial charge in [0.1, 0.15) is 17.2 Å². The number of hydrazone groups is 1. The van der Waals surface area contributed by atoms with Crippen molar-refractivity contribution >= 4 is 28.5 Å². The van der Waals surface area contributed by atoms with Gasteiger partial charge in [-0.1, -0.05) is 54.6 Å². The molecule has 1 aliphatic carbocycles. The lowest BCUT2D eigenvalue weighted by Crippen LogP contribution is -2.34. The Bertz CT molecular complexity index is 1610. The molecule has 0 unspecified atom stereocenters. The van der Waals surface area contributed by atoms with Gasteiger partial charge in [0.2, 0.25) is 0 Å². The van der Waals surface area contributed by atoms with Gasteiger partial charge in [0.15, 0.2) is 6.61 Å². The van der Waals surface area contributed by atoms with Crippen molar-refractivity contribution in [3.8, 4) is 17.2 Å². The molecule has 2 atom stereocenters. The Labute approximate surface area is 247 Å². The van der Waals surface area contributed by atoms with Gasteiger partial charge >= 0.3 is 0 Å². The summed E-state index contributed by atoms with van der Waals surface area (Å²) in [4.78, 5) is 13.8. The van der Waals surface area contributed by atoms with Crippen LogP contribution in [0.15, 0.2) is 102 Å². The molecular weight excluding hydrogens is 524 g/mol. The minimum atomic E-state index is -0.201. The summed E-state index contributed by atoms with van der Waals surface area (Å²) in [7, 11) is 0. The highest BCUT2D eigenvalue weighted by molar-refractivity contribution is 6.08. The van der Waals surface area contributed by atoms with Crippen LogP contribution in [-0.2, 0) is 4.79 Å². The SMILES string of the molecule is CCOc1ccc(/C=C2/CCC[C@H]3C2=NN(C(=O)COc2ccc4ccccc4c2)[C@H]3c2ccc(OCC)cc2)cc1. The van der Waals surface area contributed by atoms with Crippen molar-refractivity contribution in [2.24, 2.45) is 11.0 Å². The molecule has 6 rings (SSSR count). The number of carbonyl (C=O) groups excluding carboxylic acids is 1. The smallest absolute Gasteiger partial charge is 0.281 e. The van der Waals surface area contributed by atoms with E-state index in [9.17, 15) is 4.79 Å². The number of hydrogen-bond acceptors (Lipinski definition) is 5. The summed E-state index contributed by atoms with van der Waals surface area (Å²) in [5.41, 5.74) is 4.31. The second-order valence-electron chi connectivity index (χ2n) is 10.6. The minimum absolute atomic E-state index is 0.0900. The van der Waals surface area contributed by atoms with Crippen LogP contribution in [0.5, 0.6) is 17.2 Å². The largest absolute Gasteiger partial charge is 0.494 e. The monoisotopic (exact) mass is 560 g/mol. The molecule has 0 aromatic heterocycles. The van der Waals surface area contributed by atoms with E-state index in [1.807, 2.05) is 74.5 Å². The van der Waals surface area contributed by atoms with Crippen molar-refractivity contribution in [3.63, 3.8) is 0 Å². The van der Waals surface area contributed by atoms with Crippen LogP contribution in [-0.4, -0.2) is 36.4 Å². The zero-order valence-corrected chi connectivity index (χ0v) is 24.2. The highest BCUT2D eigenvalue weighted by Gasteiger charge is 2.43. The first-order valence-corrected chi connectivity index (χ1v) is 14.8. The number of ether oxygens (including phenoxy) is 3. The molecule has 4 aromatic rings. The Balaban J connectivity index is 1.29. The molecule has 1 heterocycles. The molecule has 0 saturated heterocycles. The van der Waals surface area contributed by atoms with E-state index in [1.165, 1.54) is 5.57 Å². The van der Waals surface area contributed by atoms with Crippen LogP contribution >= 0.6 is 0 Å². The molecule has 0 spiro atoms. The number of amides is 1. The Morgan fingerprint density at radius 3 is 2.21 bits per heavy atom. The van der Waals surface area contributed by atoms with Gasteiger partial charge in [0, 0.05) is 5.92 Å². The Morgan fingerprint density at radius 2 is 1.50 bits per heavy atom. The molecular formula is C36H36N2O4. The Kier molecular flexibility index (Phi) is 8.22. The van der Waals surface area contributed by atoms with E-state index in [-0.39, 0.29) is 24.5 Å². The number of benzene rings is 4. The second kappa shape index (κ2) is 12.5. The third-order valence-corrected chi connectivity index (χ3v) is 7.90. The maximum Gasteiger partial charge on any atom is 0.281 e. The van der Waals surface area contributed by atoms with Crippen LogP contribution in [0.3, 0.4) is 0 Å². The molecule has 2 aliphatic rings. The maximum atomic E-state index is 13.8. The fourth-order valence-electron chi connectivity index (χ4n) is 5.96. The molecule has 0 N–H and O–H groups in total. The fourth-order valence-corrected chi connectivity index (χ4v) is 5.96. The molecule has 42 heavy (non-hydrogen) atoms. The molecule has 1 fully saturated rings. The lowest BCUT2D eigenvalue weighted by Gasteiger charge is -2.29. The number of hydrogen-bond donors (Lipinski definition) is 0. The maximum absolute atomic E-state index is 13.8. The lowest BCUT2D eigenvalue weighted by atomic mass is 9.77. The number of rotatable bonds is 9. The molecule has 0 radical (unpaired) electrons. The topological polar surface area (TPSA) is 60.4 Å². The summed E-state index contributed by atoms with van der Waals surface area (Å²) in [5, 5.41) is 8.88. The summed E-state index contributed by atoms with van der Waals surface area (Å²) >= 11 is 0. The first-order chi connectivity index (χ1) is 20.6. The summed E-state index contributed by atoms with van der Waals surface area (Å²) in [6, 6.07) is 30.0. The average molecular weight is 561 g/mol. The molecule has 6 nitrogen and oxygen atoms in total. The fraction of sp³-hybridized carbons (Fsp3) is 0.278. The summed E-state index contributed by atoms with van der Waals surface area (Å²) in [5.74, 6) is 2.29. The van der Waals surface area contributed by atoms with Gasteiger partial charge in [-0.05, 0) is 103 Å². The van der Waals surface area contributed by atoms with E-state index in [1.54, 1.807) is 5.01 Å². The molecule has 1 amide bonds. The van der Waals surface area contributed by atoms with Gasteiger partial charge in [-0.3, -0.25) is 4.79 Å².